The van der Waals surface area contributed by atoms with Crippen LogP contribution in [0.15, 0.2) is 29.6 Å². The minimum Gasteiger partial charge on any atom is -0.493 e. The van der Waals surface area contributed by atoms with Crippen LogP contribution in [0.4, 0.5) is 0 Å². The lowest BCUT2D eigenvalue weighted by molar-refractivity contribution is 0.172. The van der Waals surface area contributed by atoms with Crippen molar-refractivity contribution >= 4 is 21.8 Å². The molecular formula is C20H25N3O3S. The van der Waals surface area contributed by atoms with E-state index in [0.29, 0.717) is 24.1 Å². The first-order valence-electron chi connectivity index (χ1n) is 8.91. The van der Waals surface area contributed by atoms with Crippen LogP contribution in [0.2, 0.25) is 0 Å². The summed E-state index contributed by atoms with van der Waals surface area (Å²) in [4.78, 5) is 12.1. The number of hydrogen-bond acceptors (Lipinski definition) is 5. The second-order valence-electron chi connectivity index (χ2n) is 6.56. The number of hydrogen-bond donors (Lipinski definition) is 1. The molecule has 2 heterocycles. The van der Waals surface area contributed by atoms with Gasteiger partial charge in [-0.05, 0) is 50.1 Å². The largest absolute Gasteiger partial charge is 0.493 e. The summed E-state index contributed by atoms with van der Waals surface area (Å²) in [6.07, 6.45) is 2.51. The maximum Gasteiger partial charge on any atom is 0.197 e. The number of methoxy groups -OCH3 is 1. The zero-order valence-corrected chi connectivity index (χ0v) is 17.0. The molecule has 1 aromatic carbocycles. The van der Waals surface area contributed by atoms with Crippen molar-refractivity contribution in [2.45, 2.75) is 38.1 Å². The summed E-state index contributed by atoms with van der Waals surface area (Å²) >= 11 is 0. The van der Waals surface area contributed by atoms with Crippen LogP contribution in [0, 0.1) is 20.8 Å². The molecule has 0 aliphatic rings. The van der Waals surface area contributed by atoms with Crippen LogP contribution in [0.5, 0.6) is 5.75 Å². The molecule has 0 radical (unpaired) electrons. The van der Waals surface area contributed by atoms with Crippen molar-refractivity contribution in [1.29, 1.82) is 0 Å². The van der Waals surface area contributed by atoms with Crippen LogP contribution < -0.4 is 4.74 Å². The summed E-state index contributed by atoms with van der Waals surface area (Å²) in [5.41, 5.74) is 5.75. The molecule has 1 unspecified atom stereocenters. The molecule has 27 heavy (non-hydrogen) atoms. The van der Waals surface area contributed by atoms with Crippen LogP contribution in [-0.2, 0) is 21.3 Å². The number of rotatable bonds is 8. The summed E-state index contributed by atoms with van der Waals surface area (Å²) < 4.78 is 23.7. The first-order chi connectivity index (χ1) is 13.0. The van der Waals surface area contributed by atoms with Crippen molar-refractivity contribution < 1.29 is 13.7 Å². The van der Waals surface area contributed by atoms with Crippen LogP contribution in [-0.4, -0.2) is 39.5 Å². The Balaban J connectivity index is 1.76. The Labute approximate surface area is 161 Å². The van der Waals surface area contributed by atoms with Crippen LogP contribution in [0.25, 0.3) is 11.0 Å². The van der Waals surface area contributed by atoms with Gasteiger partial charge in [0.25, 0.3) is 0 Å². The number of nitrogens with zero attached hydrogens (tertiary/aromatic N) is 2. The maximum absolute atomic E-state index is 12.8. The molecule has 1 N–H and O–H groups in total. The highest BCUT2D eigenvalue weighted by Crippen LogP contribution is 2.23. The highest BCUT2D eigenvalue weighted by molar-refractivity contribution is 7.84. The van der Waals surface area contributed by atoms with Gasteiger partial charge in [0, 0.05) is 31.9 Å². The molecule has 0 saturated heterocycles. The van der Waals surface area contributed by atoms with E-state index in [1.54, 1.807) is 13.3 Å². The number of fused-ring (bicyclic) bond motifs is 1. The smallest absolute Gasteiger partial charge is 0.197 e. The van der Waals surface area contributed by atoms with Gasteiger partial charge in [0.1, 0.15) is 5.75 Å². The lowest BCUT2D eigenvalue weighted by Crippen LogP contribution is -2.06. The van der Waals surface area contributed by atoms with E-state index in [1.165, 1.54) is 11.1 Å². The topological polar surface area (TPSA) is 77.1 Å². The molecule has 0 fully saturated rings. The predicted molar refractivity (Wildman–Crippen MR) is 107 cm³/mol. The number of aryl methyl sites for hydroxylation is 2. The number of nitrogens with one attached hydrogen (secondary N) is 1. The Morgan fingerprint density at radius 3 is 2.70 bits per heavy atom. The molecular weight excluding hydrogens is 362 g/mol. The van der Waals surface area contributed by atoms with Gasteiger partial charge in [0.05, 0.1) is 39.9 Å². The van der Waals surface area contributed by atoms with E-state index in [4.69, 9.17) is 9.47 Å². The fourth-order valence-electron chi connectivity index (χ4n) is 2.79. The molecule has 3 aromatic rings. The van der Waals surface area contributed by atoms with Crippen molar-refractivity contribution in [2.75, 3.05) is 20.3 Å². The molecule has 0 bridgehead atoms. The molecule has 7 heteroatoms. The molecule has 3 rings (SSSR count). The summed E-state index contributed by atoms with van der Waals surface area (Å²) in [6.45, 7) is 7.27. The lowest BCUT2D eigenvalue weighted by Gasteiger charge is -2.11. The number of pyridine rings is 1. The van der Waals surface area contributed by atoms with Crippen molar-refractivity contribution in [1.82, 2.24) is 15.0 Å². The quantitative estimate of drug-likeness (QED) is 0.598. The Hall–Kier alpha value is -2.25. The summed E-state index contributed by atoms with van der Waals surface area (Å²) in [5.74, 6) is 1.06. The summed E-state index contributed by atoms with van der Waals surface area (Å²) in [5, 5.41) is 0.475. The molecule has 0 spiro atoms. The SMILES string of the molecule is COCCCOc1ccnc(CS(=O)c2nc3cc(C)c(C)cc3[nH]2)c1C. The van der Waals surface area contributed by atoms with E-state index in [0.717, 1.165) is 34.5 Å². The van der Waals surface area contributed by atoms with Gasteiger partial charge in [-0.1, -0.05) is 0 Å². The van der Waals surface area contributed by atoms with Gasteiger partial charge < -0.3 is 14.5 Å². The van der Waals surface area contributed by atoms with Crippen molar-refractivity contribution in [2.24, 2.45) is 0 Å². The minimum atomic E-state index is -1.31. The van der Waals surface area contributed by atoms with Gasteiger partial charge in [-0.3, -0.25) is 9.19 Å². The second kappa shape index (κ2) is 8.63. The summed E-state index contributed by atoms with van der Waals surface area (Å²) in [7, 11) is 0.360. The molecule has 6 nitrogen and oxygen atoms in total. The van der Waals surface area contributed by atoms with Gasteiger partial charge in [-0.25, -0.2) is 4.98 Å². The fourth-order valence-corrected chi connectivity index (χ4v) is 3.89. The number of benzene rings is 1. The molecule has 0 amide bonds. The highest BCUT2D eigenvalue weighted by Gasteiger charge is 2.15. The average molecular weight is 388 g/mol. The molecule has 2 aromatic heterocycles. The van der Waals surface area contributed by atoms with E-state index < -0.39 is 10.8 Å². The number of aromatic nitrogens is 3. The van der Waals surface area contributed by atoms with Crippen LogP contribution >= 0.6 is 0 Å². The maximum atomic E-state index is 12.8. The lowest BCUT2D eigenvalue weighted by atomic mass is 10.1. The number of imidazole rings is 1. The van der Waals surface area contributed by atoms with Crippen molar-refractivity contribution in [3.63, 3.8) is 0 Å². The fraction of sp³-hybridized carbons (Fsp3) is 0.400. The number of aromatic amines is 1. The standard InChI is InChI=1S/C20H25N3O3S/c1-13-10-16-17(11-14(13)2)23-20(22-16)27(24)12-18-15(3)19(6-7-21-18)26-9-5-8-25-4/h6-7,10-11H,5,8-9,12H2,1-4H3,(H,22,23). The second-order valence-corrected chi connectivity index (χ2v) is 7.93. The van der Waals surface area contributed by atoms with E-state index in [9.17, 15) is 4.21 Å². The van der Waals surface area contributed by atoms with Crippen molar-refractivity contribution in [3.05, 3.63) is 46.8 Å². The molecule has 144 valence electrons. The molecule has 1 atom stereocenters. The normalized spacial score (nSPS) is 12.4. The Morgan fingerprint density at radius 2 is 1.93 bits per heavy atom. The highest BCUT2D eigenvalue weighted by atomic mass is 32.2. The summed E-state index contributed by atoms with van der Waals surface area (Å²) in [6, 6.07) is 5.89. The van der Waals surface area contributed by atoms with Gasteiger partial charge >= 0.3 is 0 Å². The number of H-pyrrole nitrogens is 1. The Bertz CT molecular complexity index is 930. The minimum absolute atomic E-state index is 0.291. The van der Waals surface area contributed by atoms with E-state index in [1.807, 2.05) is 32.0 Å². The molecule has 0 aliphatic heterocycles. The Kier molecular flexibility index (Phi) is 6.23. The predicted octanol–water partition coefficient (Wildman–Crippen LogP) is 3.61. The Morgan fingerprint density at radius 1 is 1.15 bits per heavy atom. The molecule has 0 aliphatic carbocycles. The van der Waals surface area contributed by atoms with Gasteiger partial charge in [-0.15, -0.1) is 0 Å². The first kappa shape index (κ1) is 19.5. The number of ether oxygens (including phenoxy) is 2. The van der Waals surface area contributed by atoms with Gasteiger partial charge in [-0.2, -0.15) is 0 Å². The first-order valence-corrected chi connectivity index (χ1v) is 10.2. The monoisotopic (exact) mass is 387 g/mol. The van der Waals surface area contributed by atoms with E-state index in [2.05, 4.69) is 21.9 Å². The van der Waals surface area contributed by atoms with Crippen LogP contribution in [0.1, 0.15) is 28.8 Å². The third-order valence-corrected chi connectivity index (χ3v) is 5.73. The third-order valence-electron chi connectivity index (χ3n) is 4.57. The van der Waals surface area contributed by atoms with Gasteiger partial charge in [0.15, 0.2) is 5.16 Å². The zero-order chi connectivity index (χ0) is 19.4. The molecule has 0 saturated carbocycles. The van der Waals surface area contributed by atoms with Crippen LogP contribution in [0.3, 0.4) is 0 Å². The zero-order valence-electron chi connectivity index (χ0n) is 16.2. The third kappa shape index (κ3) is 4.54. The van der Waals surface area contributed by atoms with Crippen molar-refractivity contribution in [3.8, 4) is 5.75 Å². The average Bonchev–Trinajstić information content (AvgIpc) is 3.05. The van der Waals surface area contributed by atoms with E-state index in [-0.39, 0.29) is 0 Å². The van der Waals surface area contributed by atoms with E-state index >= 15 is 0 Å². The van der Waals surface area contributed by atoms with Gasteiger partial charge in [0.2, 0.25) is 0 Å².